The van der Waals surface area contributed by atoms with Gasteiger partial charge in [0.25, 0.3) is 0 Å². The highest BCUT2D eigenvalue weighted by Crippen LogP contribution is 2.22. The molecule has 0 saturated carbocycles. The van der Waals surface area contributed by atoms with Crippen LogP contribution in [0, 0.1) is 0 Å². The molecule has 1 atom stereocenters. The predicted molar refractivity (Wildman–Crippen MR) is 121 cm³/mol. The van der Waals surface area contributed by atoms with Gasteiger partial charge in [0.15, 0.2) is 0 Å². The maximum Gasteiger partial charge on any atom is 0.0598 e. The quantitative estimate of drug-likeness (QED) is 0.416. The summed E-state index contributed by atoms with van der Waals surface area (Å²) in [6, 6.07) is 4.74. The average Bonchev–Trinajstić information content (AvgIpc) is 2.70. The molecule has 1 aliphatic rings. The normalized spacial score (nSPS) is 15.4. The lowest BCUT2D eigenvalue weighted by atomic mass is 9.95. The van der Waals surface area contributed by atoms with Crippen molar-refractivity contribution < 1.29 is 0 Å². The number of fused-ring (bicyclic) bond motifs is 1. The topological polar surface area (TPSA) is 54.5 Å². The van der Waals surface area contributed by atoms with Gasteiger partial charge < -0.3 is 5.73 Å². The third-order valence-electron chi connectivity index (χ3n) is 5.49. The second-order valence-corrected chi connectivity index (χ2v) is 7.86. The molecule has 1 aromatic rings. The number of nitrogens with two attached hydrogens (primary N) is 1. The second-order valence-electron chi connectivity index (χ2n) is 7.86. The fraction of sp³-hybridized carbons (Fsp3) is 0.583. The van der Waals surface area contributed by atoms with Gasteiger partial charge in [0.1, 0.15) is 0 Å². The SMILES string of the molecule is C=CN=C(C(=C)C)C(CCC)N(CCCCN)Cc1ccc2c(n1)CCCC2. The molecular formula is C24H38N4. The molecule has 2 rings (SSSR count). The van der Waals surface area contributed by atoms with Gasteiger partial charge in [0, 0.05) is 18.4 Å². The highest BCUT2D eigenvalue weighted by Gasteiger charge is 2.24. The lowest BCUT2D eigenvalue weighted by Gasteiger charge is -2.33. The number of aromatic nitrogens is 1. The summed E-state index contributed by atoms with van der Waals surface area (Å²) in [5.74, 6) is 0. The molecule has 0 aliphatic heterocycles. The van der Waals surface area contributed by atoms with E-state index >= 15 is 0 Å². The van der Waals surface area contributed by atoms with Crippen molar-refractivity contribution in [2.24, 2.45) is 10.7 Å². The van der Waals surface area contributed by atoms with Gasteiger partial charge in [-0.3, -0.25) is 14.9 Å². The zero-order valence-corrected chi connectivity index (χ0v) is 17.9. The van der Waals surface area contributed by atoms with Crippen LogP contribution in [-0.4, -0.2) is 34.7 Å². The first kappa shape index (κ1) is 22.5. The Labute approximate surface area is 171 Å². The van der Waals surface area contributed by atoms with Crippen LogP contribution in [0.4, 0.5) is 0 Å². The summed E-state index contributed by atoms with van der Waals surface area (Å²) in [6.45, 7) is 14.8. The maximum absolute atomic E-state index is 5.75. The number of pyridine rings is 1. The first-order valence-electron chi connectivity index (χ1n) is 10.9. The molecule has 0 radical (unpaired) electrons. The molecule has 0 fully saturated rings. The second kappa shape index (κ2) is 11.9. The Kier molecular flexibility index (Phi) is 9.59. The molecule has 0 saturated heterocycles. The number of hydrogen-bond acceptors (Lipinski definition) is 4. The fourth-order valence-electron chi connectivity index (χ4n) is 4.07. The number of aryl methyl sites for hydroxylation is 2. The van der Waals surface area contributed by atoms with E-state index < -0.39 is 0 Å². The maximum atomic E-state index is 5.75. The van der Waals surface area contributed by atoms with E-state index in [-0.39, 0.29) is 6.04 Å². The van der Waals surface area contributed by atoms with Gasteiger partial charge in [0.2, 0.25) is 0 Å². The van der Waals surface area contributed by atoms with Crippen LogP contribution in [-0.2, 0) is 19.4 Å². The summed E-state index contributed by atoms with van der Waals surface area (Å²) in [6.07, 6.45) is 10.7. The van der Waals surface area contributed by atoms with Crippen LogP contribution in [0.3, 0.4) is 0 Å². The van der Waals surface area contributed by atoms with E-state index in [1.54, 1.807) is 6.20 Å². The lowest BCUT2D eigenvalue weighted by molar-refractivity contribution is 0.216. The smallest absolute Gasteiger partial charge is 0.0598 e. The van der Waals surface area contributed by atoms with Crippen molar-refractivity contribution in [3.8, 4) is 0 Å². The van der Waals surface area contributed by atoms with Crippen LogP contribution in [0.25, 0.3) is 0 Å². The van der Waals surface area contributed by atoms with E-state index in [9.17, 15) is 0 Å². The number of rotatable bonds is 12. The predicted octanol–water partition coefficient (Wildman–Crippen LogP) is 4.83. The molecule has 1 heterocycles. The molecule has 0 bridgehead atoms. The van der Waals surface area contributed by atoms with Gasteiger partial charge in [-0.2, -0.15) is 0 Å². The Bertz CT molecular complexity index is 677. The summed E-state index contributed by atoms with van der Waals surface area (Å²) in [5, 5.41) is 0. The third-order valence-corrected chi connectivity index (χ3v) is 5.49. The molecule has 0 amide bonds. The van der Waals surface area contributed by atoms with E-state index in [2.05, 4.69) is 42.1 Å². The average molecular weight is 383 g/mol. The number of unbranched alkanes of at least 4 members (excludes halogenated alkanes) is 1. The zero-order chi connectivity index (χ0) is 20.4. The van der Waals surface area contributed by atoms with Crippen molar-refractivity contribution in [2.45, 2.75) is 77.8 Å². The number of hydrogen-bond donors (Lipinski definition) is 1. The van der Waals surface area contributed by atoms with Crippen LogP contribution >= 0.6 is 0 Å². The van der Waals surface area contributed by atoms with Crippen LogP contribution in [0.2, 0.25) is 0 Å². The van der Waals surface area contributed by atoms with Crippen LogP contribution in [0.5, 0.6) is 0 Å². The molecule has 28 heavy (non-hydrogen) atoms. The number of aliphatic imine (C=N–C) groups is 1. The van der Waals surface area contributed by atoms with E-state index in [0.29, 0.717) is 0 Å². The first-order chi connectivity index (χ1) is 13.6. The summed E-state index contributed by atoms with van der Waals surface area (Å²) in [5.41, 5.74) is 11.7. The number of nitrogens with zero attached hydrogens (tertiary/aromatic N) is 3. The minimum absolute atomic E-state index is 0.233. The summed E-state index contributed by atoms with van der Waals surface area (Å²) in [7, 11) is 0. The molecule has 1 unspecified atom stereocenters. The van der Waals surface area contributed by atoms with Gasteiger partial charge in [0.05, 0.1) is 17.4 Å². The monoisotopic (exact) mass is 382 g/mol. The third kappa shape index (κ3) is 6.39. The Morgan fingerprint density at radius 3 is 2.79 bits per heavy atom. The molecular weight excluding hydrogens is 344 g/mol. The van der Waals surface area contributed by atoms with Crippen LogP contribution in [0.1, 0.15) is 69.3 Å². The van der Waals surface area contributed by atoms with E-state index in [0.717, 1.165) is 68.7 Å². The standard InChI is InChI=1S/C24H38N4/c1-5-11-23(24(19(3)4)26-6-2)28(17-10-9-16-25)18-21-15-14-20-12-7-8-13-22(20)27-21/h6,14-15,23H,2-3,5,7-13,16-18,25H2,1,4H3. The van der Waals surface area contributed by atoms with E-state index in [4.69, 9.17) is 10.7 Å². The van der Waals surface area contributed by atoms with Gasteiger partial charge in [-0.05, 0) is 82.2 Å². The molecule has 2 N–H and O–H groups in total. The highest BCUT2D eigenvalue weighted by atomic mass is 15.2. The van der Waals surface area contributed by atoms with Gasteiger partial charge in [-0.25, -0.2) is 0 Å². The van der Waals surface area contributed by atoms with Crippen molar-refractivity contribution in [3.63, 3.8) is 0 Å². The minimum atomic E-state index is 0.233. The van der Waals surface area contributed by atoms with Gasteiger partial charge >= 0.3 is 0 Å². The molecule has 1 aromatic heterocycles. The fourth-order valence-corrected chi connectivity index (χ4v) is 4.07. The lowest BCUT2D eigenvalue weighted by Crippen LogP contribution is -2.42. The van der Waals surface area contributed by atoms with Gasteiger partial charge in [-0.1, -0.05) is 32.6 Å². The van der Waals surface area contributed by atoms with E-state index in [1.165, 1.54) is 30.5 Å². The Balaban J connectivity index is 2.28. The minimum Gasteiger partial charge on any atom is -0.330 e. The van der Waals surface area contributed by atoms with Crippen molar-refractivity contribution in [3.05, 3.63) is 54.0 Å². The molecule has 154 valence electrons. The van der Waals surface area contributed by atoms with E-state index in [1.807, 2.05) is 6.92 Å². The Hall–Kier alpha value is -1.78. The zero-order valence-electron chi connectivity index (χ0n) is 17.9. The highest BCUT2D eigenvalue weighted by molar-refractivity contribution is 6.03. The largest absolute Gasteiger partial charge is 0.330 e. The first-order valence-corrected chi connectivity index (χ1v) is 10.9. The molecule has 1 aliphatic carbocycles. The van der Waals surface area contributed by atoms with Crippen LogP contribution < -0.4 is 5.73 Å². The van der Waals surface area contributed by atoms with Crippen LogP contribution in [0.15, 0.2) is 42.1 Å². The molecule has 4 heteroatoms. The molecule has 0 aromatic carbocycles. The van der Waals surface area contributed by atoms with Crippen molar-refractivity contribution in [1.29, 1.82) is 0 Å². The van der Waals surface area contributed by atoms with Crippen molar-refractivity contribution in [2.75, 3.05) is 13.1 Å². The summed E-state index contributed by atoms with van der Waals surface area (Å²) >= 11 is 0. The van der Waals surface area contributed by atoms with Gasteiger partial charge in [-0.15, -0.1) is 0 Å². The summed E-state index contributed by atoms with van der Waals surface area (Å²) in [4.78, 5) is 12.1. The van der Waals surface area contributed by atoms with Crippen molar-refractivity contribution in [1.82, 2.24) is 9.88 Å². The Morgan fingerprint density at radius 1 is 1.32 bits per heavy atom. The Morgan fingerprint density at radius 2 is 2.11 bits per heavy atom. The van der Waals surface area contributed by atoms with Crippen molar-refractivity contribution >= 4 is 5.71 Å². The molecule has 4 nitrogen and oxygen atoms in total. The molecule has 0 spiro atoms. The summed E-state index contributed by atoms with van der Waals surface area (Å²) < 4.78 is 0.